The Kier molecular flexibility index (Phi) is 3.50. The van der Waals surface area contributed by atoms with Gasteiger partial charge in [-0.1, -0.05) is 30.3 Å². The van der Waals surface area contributed by atoms with Crippen molar-refractivity contribution in [2.24, 2.45) is 5.73 Å². The lowest BCUT2D eigenvalue weighted by atomic mass is 10.2. The Morgan fingerprint density at radius 3 is 2.50 bits per heavy atom. The lowest BCUT2D eigenvalue weighted by Crippen LogP contribution is -2.17. The summed E-state index contributed by atoms with van der Waals surface area (Å²) in [6, 6.07) is 17.7. The third kappa shape index (κ3) is 2.19. The highest BCUT2D eigenvalue weighted by molar-refractivity contribution is 5.78. The molecule has 0 amide bonds. The zero-order valence-electron chi connectivity index (χ0n) is 11.1. The summed E-state index contributed by atoms with van der Waals surface area (Å²) in [5.74, 6) is 0.784. The van der Waals surface area contributed by atoms with E-state index in [0.29, 0.717) is 6.42 Å². The standard InChI is InChI=1S/C16H17N3O/c17-13(10-11-20)16-18-14-8-4-5-9-15(14)19(16)12-6-2-1-3-7-12/h1-9,13,20H,10-11,17H2. The molecule has 0 saturated carbocycles. The second-order valence-corrected chi connectivity index (χ2v) is 4.75. The fourth-order valence-corrected chi connectivity index (χ4v) is 2.41. The topological polar surface area (TPSA) is 64.1 Å². The summed E-state index contributed by atoms with van der Waals surface area (Å²) in [6.07, 6.45) is 0.496. The molecule has 4 nitrogen and oxygen atoms in total. The van der Waals surface area contributed by atoms with Gasteiger partial charge in [0.1, 0.15) is 5.82 Å². The van der Waals surface area contributed by atoms with E-state index in [2.05, 4.69) is 9.55 Å². The second-order valence-electron chi connectivity index (χ2n) is 4.75. The molecule has 20 heavy (non-hydrogen) atoms. The molecule has 1 aromatic heterocycles. The van der Waals surface area contributed by atoms with E-state index in [4.69, 9.17) is 10.8 Å². The maximum absolute atomic E-state index is 9.12. The number of imidazole rings is 1. The van der Waals surface area contributed by atoms with Crippen molar-refractivity contribution < 1.29 is 5.11 Å². The predicted octanol–water partition coefficient (Wildman–Crippen LogP) is 2.41. The summed E-state index contributed by atoms with van der Waals surface area (Å²) >= 11 is 0. The number of hydrogen-bond acceptors (Lipinski definition) is 3. The number of hydrogen-bond donors (Lipinski definition) is 2. The number of aliphatic hydroxyl groups excluding tert-OH is 1. The van der Waals surface area contributed by atoms with Crippen LogP contribution in [0.2, 0.25) is 0 Å². The van der Waals surface area contributed by atoms with Crippen LogP contribution in [0, 0.1) is 0 Å². The third-order valence-corrected chi connectivity index (χ3v) is 3.37. The van der Waals surface area contributed by atoms with Crippen LogP contribution >= 0.6 is 0 Å². The Labute approximate surface area is 117 Å². The Bertz CT molecular complexity index is 706. The van der Waals surface area contributed by atoms with Crippen LogP contribution in [0.25, 0.3) is 16.7 Å². The molecule has 0 spiro atoms. The van der Waals surface area contributed by atoms with E-state index in [1.165, 1.54) is 0 Å². The minimum absolute atomic E-state index is 0.0547. The average molecular weight is 267 g/mol. The zero-order chi connectivity index (χ0) is 13.9. The molecule has 0 bridgehead atoms. The van der Waals surface area contributed by atoms with Crippen LogP contribution in [0.15, 0.2) is 54.6 Å². The lowest BCUT2D eigenvalue weighted by molar-refractivity contribution is 0.274. The van der Waals surface area contributed by atoms with E-state index in [1.807, 2.05) is 54.6 Å². The van der Waals surface area contributed by atoms with Gasteiger partial charge in [-0.3, -0.25) is 4.57 Å². The largest absolute Gasteiger partial charge is 0.396 e. The fourth-order valence-electron chi connectivity index (χ4n) is 2.41. The molecular formula is C16H17N3O. The summed E-state index contributed by atoms with van der Waals surface area (Å²) in [5.41, 5.74) is 9.14. The van der Waals surface area contributed by atoms with Crippen molar-refractivity contribution in [3.8, 4) is 5.69 Å². The number of para-hydroxylation sites is 3. The smallest absolute Gasteiger partial charge is 0.131 e. The summed E-state index contributed by atoms with van der Waals surface area (Å²) in [4.78, 5) is 4.63. The number of aromatic nitrogens is 2. The molecule has 4 heteroatoms. The van der Waals surface area contributed by atoms with Crippen molar-refractivity contribution in [1.82, 2.24) is 9.55 Å². The summed E-state index contributed by atoms with van der Waals surface area (Å²) in [7, 11) is 0. The number of rotatable bonds is 4. The Morgan fingerprint density at radius 2 is 1.75 bits per heavy atom. The first-order chi connectivity index (χ1) is 9.81. The van der Waals surface area contributed by atoms with Gasteiger partial charge in [0, 0.05) is 12.3 Å². The maximum atomic E-state index is 9.12. The average Bonchev–Trinajstić information content (AvgIpc) is 2.88. The molecule has 0 saturated heterocycles. The highest BCUT2D eigenvalue weighted by Gasteiger charge is 2.17. The molecule has 1 heterocycles. The third-order valence-electron chi connectivity index (χ3n) is 3.37. The maximum Gasteiger partial charge on any atom is 0.131 e. The van der Waals surface area contributed by atoms with Gasteiger partial charge in [-0.05, 0) is 30.7 Å². The van der Waals surface area contributed by atoms with Crippen molar-refractivity contribution in [3.63, 3.8) is 0 Å². The molecule has 3 N–H and O–H groups in total. The monoisotopic (exact) mass is 267 g/mol. The highest BCUT2D eigenvalue weighted by atomic mass is 16.3. The van der Waals surface area contributed by atoms with Crippen LogP contribution in [-0.2, 0) is 0 Å². The van der Waals surface area contributed by atoms with E-state index >= 15 is 0 Å². The Morgan fingerprint density at radius 1 is 1.05 bits per heavy atom. The van der Waals surface area contributed by atoms with Gasteiger partial charge in [0.2, 0.25) is 0 Å². The molecule has 2 aromatic carbocycles. The molecular weight excluding hydrogens is 250 g/mol. The van der Waals surface area contributed by atoms with Crippen LogP contribution < -0.4 is 5.73 Å². The van der Waals surface area contributed by atoms with E-state index in [9.17, 15) is 0 Å². The van der Waals surface area contributed by atoms with Gasteiger partial charge in [-0.15, -0.1) is 0 Å². The predicted molar refractivity (Wildman–Crippen MR) is 79.7 cm³/mol. The first-order valence-electron chi connectivity index (χ1n) is 6.70. The molecule has 102 valence electrons. The van der Waals surface area contributed by atoms with Gasteiger partial charge in [0.25, 0.3) is 0 Å². The molecule has 0 aliphatic rings. The van der Waals surface area contributed by atoms with Gasteiger partial charge in [-0.2, -0.15) is 0 Å². The number of nitrogens with two attached hydrogens (primary N) is 1. The van der Waals surface area contributed by atoms with Gasteiger partial charge in [0.05, 0.1) is 17.1 Å². The molecule has 0 aliphatic carbocycles. The van der Waals surface area contributed by atoms with E-state index < -0.39 is 0 Å². The molecule has 3 rings (SSSR count). The Balaban J connectivity index is 2.23. The van der Waals surface area contributed by atoms with Gasteiger partial charge in [-0.25, -0.2) is 4.98 Å². The van der Waals surface area contributed by atoms with Crippen LogP contribution in [-0.4, -0.2) is 21.3 Å². The minimum atomic E-state index is -0.285. The normalized spacial score (nSPS) is 12.7. The first kappa shape index (κ1) is 12.8. The van der Waals surface area contributed by atoms with E-state index in [1.54, 1.807) is 0 Å². The Hall–Kier alpha value is -2.17. The van der Waals surface area contributed by atoms with Crippen LogP contribution in [0.1, 0.15) is 18.3 Å². The summed E-state index contributed by atoms with van der Waals surface area (Å²) in [6.45, 7) is 0.0547. The SMILES string of the molecule is NC(CCO)c1nc2ccccc2n1-c1ccccc1. The second kappa shape index (κ2) is 5.45. The number of aliphatic hydroxyl groups is 1. The van der Waals surface area contributed by atoms with Crippen molar-refractivity contribution in [1.29, 1.82) is 0 Å². The minimum Gasteiger partial charge on any atom is -0.396 e. The molecule has 0 fully saturated rings. The number of fused-ring (bicyclic) bond motifs is 1. The summed E-state index contributed by atoms with van der Waals surface area (Å²) in [5, 5.41) is 9.12. The van der Waals surface area contributed by atoms with Crippen LogP contribution in [0.3, 0.4) is 0 Å². The molecule has 1 atom stereocenters. The number of benzene rings is 2. The van der Waals surface area contributed by atoms with Gasteiger partial charge >= 0.3 is 0 Å². The van der Waals surface area contributed by atoms with Gasteiger partial charge < -0.3 is 10.8 Å². The van der Waals surface area contributed by atoms with Crippen molar-refractivity contribution in [2.45, 2.75) is 12.5 Å². The van der Waals surface area contributed by atoms with E-state index in [-0.39, 0.29) is 12.6 Å². The quantitative estimate of drug-likeness (QED) is 0.763. The van der Waals surface area contributed by atoms with Crippen LogP contribution in [0.4, 0.5) is 0 Å². The highest BCUT2D eigenvalue weighted by Crippen LogP contribution is 2.25. The van der Waals surface area contributed by atoms with Crippen molar-refractivity contribution >= 4 is 11.0 Å². The molecule has 3 aromatic rings. The van der Waals surface area contributed by atoms with Crippen molar-refractivity contribution in [3.05, 3.63) is 60.4 Å². The van der Waals surface area contributed by atoms with Gasteiger partial charge in [0.15, 0.2) is 0 Å². The zero-order valence-corrected chi connectivity index (χ0v) is 11.1. The molecule has 0 aliphatic heterocycles. The molecule has 0 radical (unpaired) electrons. The lowest BCUT2D eigenvalue weighted by Gasteiger charge is -2.13. The van der Waals surface area contributed by atoms with Crippen LogP contribution in [0.5, 0.6) is 0 Å². The van der Waals surface area contributed by atoms with Crippen molar-refractivity contribution in [2.75, 3.05) is 6.61 Å². The number of nitrogens with zero attached hydrogens (tertiary/aromatic N) is 2. The van der Waals surface area contributed by atoms with E-state index in [0.717, 1.165) is 22.5 Å². The molecule has 1 unspecified atom stereocenters. The summed E-state index contributed by atoms with van der Waals surface area (Å²) < 4.78 is 2.07. The fraction of sp³-hybridized carbons (Fsp3) is 0.188. The first-order valence-corrected chi connectivity index (χ1v) is 6.70.